The van der Waals surface area contributed by atoms with Gasteiger partial charge in [0.1, 0.15) is 0 Å². The number of aliphatic imine (C=N–C) groups is 1. The fourth-order valence-corrected chi connectivity index (χ4v) is 2.91. The summed E-state index contributed by atoms with van der Waals surface area (Å²) in [5.41, 5.74) is 1.24. The molecule has 1 atom stereocenters. The van der Waals surface area contributed by atoms with Gasteiger partial charge in [-0.15, -0.1) is 24.0 Å². The van der Waals surface area contributed by atoms with E-state index in [1.165, 1.54) is 31.7 Å². The summed E-state index contributed by atoms with van der Waals surface area (Å²) in [5.74, 6) is 1.57. The van der Waals surface area contributed by atoms with Crippen LogP contribution in [-0.2, 0) is 6.54 Å². The SMILES string of the molecule is CC(CNC(=NCc1ccccc1)N(C)C)CN1CCN(C)CC1.I. The van der Waals surface area contributed by atoms with E-state index in [1.54, 1.807) is 0 Å². The average Bonchev–Trinajstić information content (AvgIpc) is 2.57. The van der Waals surface area contributed by atoms with Crippen LogP contribution in [0.25, 0.3) is 0 Å². The number of halogens is 1. The van der Waals surface area contributed by atoms with E-state index in [2.05, 4.69) is 58.3 Å². The zero-order valence-corrected chi connectivity index (χ0v) is 18.4. The van der Waals surface area contributed by atoms with Gasteiger partial charge in [-0.05, 0) is 18.5 Å². The Labute approximate surface area is 170 Å². The zero-order chi connectivity index (χ0) is 17.4. The maximum atomic E-state index is 4.73. The number of benzene rings is 1. The van der Waals surface area contributed by atoms with Crippen LogP contribution < -0.4 is 5.32 Å². The second kappa shape index (κ2) is 11.7. The standard InChI is InChI=1S/C19H33N5.HI/c1-17(16-24-12-10-23(4)11-13-24)14-20-19(22(2)3)21-15-18-8-6-5-7-9-18;/h5-9,17H,10-16H2,1-4H3,(H,20,21);1H. The van der Waals surface area contributed by atoms with Crippen LogP contribution in [0.1, 0.15) is 12.5 Å². The molecule has 1 saturated heterocycles. The molecule has 25 heavy (non-hydrogen) atoms. The molecule has 0 spiro atoms. The molecule has 0 aromatic heterocycles. The highest BCUT2D eigenvalue weighted by molar-refractivity contribution is 14.0. The fraction of sp³-hybridized carbons (Fsp3) is 0.632. The molecule has 1 aliphatic heterocycles. The minimum atomic E-state index is 0. The number of nitrogens with one attached hydrogen (secondary N) is 1. The van der Waals surface area contributed by atoms with Crippen LogP contribution in [-0.4, -0.2) is 81.1 Å². The maximum absolute atomic E-state index is 4.73. The Bertz CT molecular complexity index is 498. The van der Waals surface area contributed by atoms with Crippen molar-refractivity contribution in [2.45, 2.75) is 13.5 Å². The summed E-state index contributed by atoms with van der Waals surface area (Å²) < 4.78 is 0. The van der Waals surface area contributed by atoms with Gasteiger partial charge in [0.25, 0.3) is 0 Å². The number of nitrogens with zero attached hydrogens (tertiary/aromatic N) is 4. The molecule has 6 heteroatoms. The molecular weight excluding hydrogens is 425 g/mol. The summed E-state index contributed by atoms with van der Waals surface area (Å²) in [4.78, 5) is 11.8. The zero-order valence-electron chi connectivity index (χ0n) is 16.1. The Kier molecular flexibility index (Phi) is 10.4. The second-order valence-electron chi connectivity index (χ2n) is 7.11. The van der Waals surface area contributed by atoms with Crippen molar-refractivity contribution in [2.75, 3.05) is 60.4 Å². The van der Waals surface area contributed by atoms with Gasteiger partial charge in [0.15, 0.2) is 5.96 Å². The lowest BCUT2D eigenvalue weighted by Crippen LogP contribution is -2.47. The molecule has 1 aliphatic rings. The molecule has 0 radical (unpaired) electrons. The number of hydrogen-bond donors (Lipinski definition) is 1. The third-order valence-electron chi connectivity index (χ3n) is 4.45. The first kappa shape index (κ1) is 22.2. The molecule has 0 bridgehead atoms. The van der Waals surface area contributed by atoms with E-state index < -0.39 is 0 Å². The molecule has 1 unspecified atom stereocenters. The number of likely N-dealkylation sites (N-methyl/N-ethyl adjacent to an activating group) is 1. The molecule has 0 amide bonds. The van der Waals surface area contributed by atoms with E-state index in [0.717, 1.165) is 19.0 Å². The highest BCUT2D eigenvalue weighted by Gasteiger charge is 2.16. The molecule has 1 aromatic carbocycles. The molecule has 142 valence electrons. The summed E-state index contributed by atoms with van der Waals surface area (Å²) in [7, 11) is 6.29. The van der Waals surface area contributed by atoms with Crippen LogP contribution in [0.4, 0.5) is 0 Å². The van der Waals surface area contributed by atoms with Crippen LogP contribution in [0.2, 0.25) is 0 Å². The van der Waals surface area contributed by atoms with Gasteiger partial charge in [-0.2, -0.15) is 0 Å². The highest BCUT2D eigenvalue weighted by atomic mass is 127. The smallest absolute Gasteiger partial charge is 0.193 e. The Morgan fingerprint density at radius 1 is 1.16 bits per heavy atom. The first-order valence-electron chi connectivity index (χ1n) is 8.95. The van der Waals surface area contributed by atoms with Gasteiger partial charge in [-0.1, -0.05) is 37.3 Å². The predicted octanol–water partition coefficient (Wildman–Crippen LogP) is 2.20. The number of rotatable bonds is 6. The van der Waals surface area contributed by atoms with Gasteiger partial charge in [-0.3, -0.25) is 0 Å². The number of guanidine groups is 1. The summed E-state index contributed by atoms with van der Waals surface area (Å²) in [6.45, 7) is 9.87. The normalized spacial score (nSPS) is 17.7. The molecule has 0 saturated carbocycles. The molecular formula is C19H34IN5. The molecule has 2 rings (SSSR count). The number of piperazine rings is 1. The van der Waals surface area contributed by atoms with Gasteiger partial charge in [0.05, 0.1) is 6.54 Å². The van der Waals surface area contributed by atoms with Crippen molar-refractivity contribution < 1.29 is 0 Å². The first-order chi connectivity index (χ1) is 11.5. The largest absolute Gasteiger partial charge is 0.356 e. The van der Waals surface area contributed by atoms with Crippen molar-refractivity contribution in [1.82, 2.24) is 20.0 Å². The molecule has 1 aromatic rings. The minimum absolute atomic E-state index is 0. The van der Waals surface area contributed by atoms with Gasteiger partial charge in [-0.25, -0.2) is 4.99 Å². The second-order valence-corrected chi connectivity index (χ2v) is 7.11. The van der Waals surface area contributed by atoms with Crippen molar-refractivity contribution in [2.24, 2.45) is 10.9 Å². The Morgan fingerprint density at radius 2 is 1.80 bits per heavy atom. The average molecular weight is 459 g/mol. The van der Waals surface area contributed by atoms with Crippen LogP contribution in [0, 0.1) is 5.92 Å². The molecule has 0 aliphatic carbocycles. The van der Waals surface area contributed by atoms with E-state index in [1.807, 2.05) is 20.2 Å². The van der Waals surface area contributed by atoms with E-state index in [0.29, 0.717) is 12.5 Å². The number of hydrogen-bond acceptors (Lipinski definition) is 3. The molecule has 1 N–H and O–H groups in total. The Morgan fingerprint density at radius 3 is 2.40 bits per heavy atom. The molecule has 1 fully saturated rings. The van der Waals surface area contributed by atoms with Crippen molar-refractivity contribution in [3.63, 3.8) is 0 Å². The third kappa shape index (κ3) is 8.37. The van der Waals surface area contributed by atoms with E-state index in [-0.39, 0.29) is 24.0 Å². The lowest BCUT2D eigenvalue weighted by molar-refractivity contribution is 0.139. The maximum Gasteiger partial charge on any atom is 0.193 e. The van der Waals surface area contributed by atoms with Crippen LogP contribution >= 0.6 is 24.0 Å². The first-order valence-corrected chi connectivity index (χ1v) is 8.95. The van der Waals surface area contributed by atoms with Gasteiger partial charge in [0, 0.05) is 53.4 Å². The Hall–Kier alpha value is -0.860. The van der Waals surface area contributed by atoms with Crippen molar-refractivity contribution >= 4 is 29.9 Å². The van der Waals surface area contributed by atoms with Crippen LogP contribution in [0.5, 0.6) is 0 Å². The van der Waals surface area contributed by atoms with Gasteiger partial charge < -0.3 is 20.0 Å². The topological polar surface area (TPSA) is 34.1 Å². The fourth-order valence-electron chi connectivity index (χ4n) is 2.91. The van der Waals surface area contributed by atoms with Crippen molar-refractivity contribution in [3.05, 3.63) is 35.9 Å². The third-order valence-corrected chi connectivity index (χ3v) is 4.45. The Balaban J connectivity index is 0.00000312. The summed E-state index contributed by atoms with van der Waals surface area (Å²) in [6, 6.07) is 10.4. The van der Waals surface area contributed by atoms with Crippen molar-refractivity contribution in [3.8, 4) is 0 Å². The van der Waals surface area contributed by atoms with Crippen LogP contribution in [0.15, 0.2) is 35.3 Å². The summed E-state index contributed by atoms with van der Waals surface area (Å²) in [5, 5.41) is 3.53. The van der Waals surface area contributed by atoms with E-state index >= 15 is 0 Å². The van der Waals surface area contributed by atoms with Gasteiger partial charge >= 0.3 is 0 Å². The van der Waals surface area contributed by atoms with Crippen LogP contribution in [0.3, 0.4) is 0 Å². The minimum Gasteiger partial charge on any atom is -0.356 e. The summed E-state index contributed by atoms with van der Waals surface area (Å²) in [6.07, 6.45) is 0. The quantitative estimate of drug-likeness (QED) is 0.402. The lowest BCUT2D eigenvalue weighted by atomic mass is 10.1. The van der Waals surface area contributed by atoms with E-state index in [9.17, 15) is 0 Å². The monoisotopic (exact) mass is 459 g/mol. The lowest BCUT2D eigenvalue weighted by Gasteiger charge is -2.34. The van der Waals surface area contributed by atoms with Crippen molar-refractivity contribution in [1.29, 1.82) is 0 Å². The molecule has 1 heterocycles. The van der Waals surface area contributed by atoms with E-state index in [4.69, 9.17) is 4.99 Å². The highest BCUT2D eigenvalue weighted by Crippen LogP contribution is 2.04. The predicted molar refractivity (Wildman–Crippen MR) is 118 cm³/mol. The van der Waals surface area contributed by atoms with Gasteiger partial charge in [0.2, 0.25) is 0 Å². The molecule has 5 nitrogen and oxygen atoms in total. The summed E-state index contributed by atoms with van der Waals surface area (Å²) >= 11 is 0.